The van der Waals surface area contributed by atoms with Gasteiger partial charge in [0.15, 0.2) is 0 Å². The van der Waals surface area contributed by atoms with E-state index in [4.69, 9.17) is 0 Å². The van der Waals surface area contributed by atoms with Crippen molar-refractivity contribution in [3.05, 3.63) is 20.8 Å². The fourth-order valence-electron chi connectivity index (χ4n) is 0.591. The molecule has 1 aromatic rings. The van der Waals surface area contributed by atoms with Crippen LogP contribution in [0.1, 0.15) is 19.4 Å². The molecular formula is C9H9BrOS. The molecule has 0 saturated heterocycles. The lowest BCUT2D eigenvalue weighted by Gasteiger charge is -2.05. The monoisotopic (exact) mass is 244 g/mol. The maximum Gasteiger partial charge on any atom is 0.120 e. The van der Waals surface area contributed by atoms with Crippen molar-refractivity contribution in [1.82, 2.24) is 0 Å². The fraction of sp³-hybridized carbons (Fsp3) is 0.333. The van der Waals surface area contributed by atoms with E-state index in [0.29, 0.717) is 0 Å². The molecule has 1 nitrogen and oxygen atoms in total. The largest absolute Gasteiger partial charge is 0.378 e. The average molecular weight is 245 g/mol. The lowest BCUT2D eigenvalue weighted by Crippen LogP contribution is -2.14. The van der Waals surface area contributed by atoms with Gasteiger partial charge in [-0.3, -0.25) is 0 Å². The molecule has 64 valence electrons. The molecule has 3 heteroatoms. The Morgan fingerprint density at radius 1 is 1.50 bits per heavy atom. The van der Waals surface area contributed by atoms with Crippen molar-refractivity contribution < 1.29 is 5.11 Å². The Balaban J connectivity index is 2.87. The van der Waals surface area contributed by atoms with Gasteiger partial charge in [0.1, 0.15) is 5.60 Å². The zero-order valence-electron chi connectivity index (χ0n) is 6.89. The van der Waals surface area contributed by atoms with E-state index in [0.717, 1.165) is 10.0 Å². The van der Waals surface area contributed by atoms with Crippen LogP contribution in [0.4, 0.5) is 0 Å². The Kier molecular flexibility index (Phi) is 2.94. The van der Waals surface area contributed by atoms with Gasteiger partial charge in [-0.25, -0.2) is 0 Å². The molecule has 0 unspecified atom stereocenters. The molecule has 0 spiro atoms. The number of aliphatic hydroxyl groups is 1. The lowest BCUT2D eigenvalue weighted by atomic mass is 10.1. The number of thiophene rings is 1. The molecule has 12 heavy (non-hydrogen) atoms. The predicted molar refractivity (Wildman–Crippen MR) is 55.2 cm³/mol. The van der Waals surface area contributed by atoms with Gasteiger partial charge in [-0.05, 0) is 29.8 Å². The average Bonchev–Trinajstić information content (AvgIpc) is 2.29. The maximum absolute atomic E-state index is 9.32. The summed E-state index contributed by atoms with van der Waals surface area (Å²) in [5, 5.41) is 13.2. The van der Waals surface area contributed by atoms with Gasteiger partial charge in [0, 0.05) is 20.8 Å². The lowest BCUT2D eigenvalue weighted by molar-refractivity contribution is 0.143. The summed E-state index contributed by atoms with van der Waals surface area (Å²) in [6.45, 7) is 3.33. The Bertz CT molecular complexity index is 324. The van der Waals surface area contributed by atoms with E-state index >= 15 is 0 Å². The van der Waals surface area contributed by atoms with E-state index in [1.165, 1.54) is 0 Å². The molecule has 0 fully saturated rings. The van der Waals surface area contributed by atoms with Gasteiger partial charge in [-0.1, -0.05) is 11.8 Å². The van der Waals surface area contributed by atoms with Crippen molar-refractivity contribution in [2.75, 3.05) is 0 Å². The number of hydrogen-bond acceptors (Lipinski definition) is 2. The van der Waals surface area contributed by atoms with Crippen LogP contribution < -0.4 is 0 Å². The molecule has 1 aromatic heterocycles. The van der Waals surface area contributed by atoms with Crippen LogP contribution in [0.2, 0.25) is 0 Å². The summed E-state index contributed by atoms with van der Waals surface area (Å²) in [7, 11) is 0. The third kappa shape index (κ3) is 2.98. The fourth-order valence-corrected chi connectivity index (χ4v) is 1.92. The number of halogens is 1. The highest BCUT2D eigenvalue weighted by atomic mass is 79.9. The second-order valence-electron chi connectivity index (χ2n) is 2.94. The van der Waals surface area contributed by atoms with Crippen molar-refractivity contribution >= 4 is 27.3 Å². The molecule has 0 amide bonds. The summed E-state index contributed by atoms with van der Waals surface area (Å²) in [5.41, 5.74) is 0.0172. The smallest absolute Gasteiger partial charge is 0.120 e. The zero-order valence-corrected chi connectivity index (χ0v) is 9.29. The summed E-state index contributed by atoms with van der Waals surface area (Å²) in [5.74, 6) is 5.64. The van der Waals surface area contributed by atoms with Crippen LogP contribution in [0.15, 0.2) is 15.2 Å². The highest BCUT2D eigenvalue weighted by Gasteiger charge is 2.06. The first-order valence-corrected chi connectivity index (χ1v) is 5.20. The van der Waals surface area contributed by atoms with E-state index in [9.17, 15) is 5.11 Å². The molecule has 1 rings (SSSR count). The van der Waals surface area contributed by atoms with Gasteiger partial charge < -0.3 is 5.11 Å². The second-order valence-corrected chi connectivity index (χ2v) is 4.54. The second kappa shape index (κ2) is 3.61. The minimum atomic E-state index is -0.915. The van der Waals surface area contributed by atoms with Gasteiger partial charge in [-0.15, -0.1) is 11.3 Å². The van der Waals surface area contributed by atoms with Crippen molar-refractivity contribution in [2.24, 2.45) is 0 Å². The first-order chi connectivity index (χ1) is 5.49. The van der Waals surface area contributed by atoms with E-state index in [1.807, 2.05) is 10.8 Å². The molecule has 0 radical (unpaired) electrons. The Labute approximate surface area is 84.6 Å². The first kappa shape index (κ1) is 9.79. The van der Waals surface area contributed by atoms with E-state index in [2.05, 4.69) is 27.8 Å². The summed E-state index contributed by atoms with van der Waals surface area (Å²) < 4.78 is 0.990. The predicted octanol–water partition coefficient (Wildman–Crippen LogP) is 2.63. The minimum absolute atomic E-state index is 0.915. The molecule has 0 bridgehead atoms. The summed E-state index contributed by atoms with van der Waals surface area (Å²) in [4.78, 5) is 0. The van der Waals surface area contributed by atoms with Gasteiger partial charge in [0.2, 0.25) is 0 Å². The Hall–Kier alpha value is -0.300. The summed E-state index contributed by atoms with van der Waals surface area (Å²) >= 11 is 4.95. The van der Waals surface area contributed by atoms with E-state index in [1.54, 1.807) is 25.2 Å². The van der Waals surface area contributed by atoms with Crippen LogP contribution in [0, 0.1) is 11.8 Å². The van der Waals surface area contributed by atoms with Crippen LogP contribution in [-0.4, -0.2) is 10.7 Å². The van der Waals surface area contributed by atoms with Crippen molar-refractivity contribution in [3.63, 3.8) is 0 Å². The van der Waals surface area contributed by atoms with Crippen molar-refractivity contribution in [2.45, 2.75) is 19.4 Å². The summed E-state index contributed by atoms with van der Waals surface area (Å²) in [6.07, 6.45) is 0. The highest BCUT2D eigenvalue weighted by molar-refractivity contribution is 9.10. The zero-order chi connectivity index (χ0) is 9.19. The molecule has 0 atom stereocenters. The van der Waals surface area contributed by atoms with E-state index < -0.39 is 5.60 Å². The van der Waals surface area contributed by atoms with Crippen LogP contribution >= 0.6 is 27.3 Å². The molecule has 1 heterocycles. The quantitative estimate of drug-likeness (QED) is 0.696. The van der Waals surface area contributed by atoms with Gasteiger partial charge in [0.05, 0.1) is 0 Å². The Morgan fingerprint density at radius 2 is 2.17 bits per heavy atom. The molecule has 0 aliphatic heterocycles. The minimum Gasteiger partial charge on any atom is -0.378 e. The first-order valence-electron chi connectivity index (χ1n) is 3.46. The Morgan fingerprint density at radius 3 is 2.58 bits per heavy atom. The third-order valence-corrected chi connectivity index (χ3v) is 2.82. The highest BCUT2D eigenvalue weighted by Crippen LogP contribution is 2.20. The number of rotatable bonds is 0. The maximum atomic E-state index is 9.32. The van der Waals surface area contributed by atoms with Gasteiger partial charge in [-0.2, -0.15) is 0 Å². The molecule has 0 aliphatic carbocycles. The molecule has 0 aromatic carbocycles. The third-order valence-electron chi connectivity index (χ3n) is 1.12. The topological polar surface area (TPSA) is 20.2 Å². The van der Waals surface area contributed by atoms with Crippen LogP contribution in [0.3, 0.4) is 0 Å². The van der Waals surface area contributed by atoms with Gasteiger partial charge >= 0.3 is 0 Å². The van der Waals surface area contributed by atoms with E-state index in [-0.39, 0.29) is 0 Å². The summed E-state index contributed by atoms with van der Waals surface area (Å²) in [6, 6.07) is 0. The molecular weight excluding hydrogens is 236 g/mol. The standard InChI is InChI=1S/C9H9BrOS/c1-9(2,11)4-3-7-5-12-6-8(7)10/h5-6,11H,1-2H3. The van der Waals surface area contributed by atoms with Gasteiger partial charge in [0.25, 0.3) is 0 Å². The van der Waals surface area contributed by atoms with Crippen LogP contribution in [-0.2, 0) is 0 Å². The SMILES string of the molecule is CC(C)(O)C#Cc1cscc1Br. The van der Waals surface area contributed by atoms with Crippen molar-refractivity contribution in [1.29, 1.82) is 0 Å². The van der Waals surface area contributed by atoms with Crippen LogP contribution in [0.5, 0.6) is 0 Å². The molecule has 0 saturated carbocycles. The van der Waals surface area contributed by atoms with Crippen molar-refractivity contribution in [3.8, 4) is 11.8 Å². The normalized spacial score (nSPS) is 10.7. The number of hydrogen-bond donors (Lipinski definition) is 1. The molecule has 1 N–H and O–H groups in total. The van der Waals surface area contributed by atoms with Crippen LogP contribution in [0.25, 0.3) is 0 Å². The molecule has 0 aliphatic rings.